The second kappa shape index (κ2) is 14.8. The molecule has 0 saturated heterocycles. The number of halogens is 1. The van der Waals surface area contributed by atoms with Crippen molar-refractivity contribution in [3.8, 4) is 0 Å². The number of unbranched alkanes of at least 4 members (excludes halogenated alkanes) is 8. The average molecular weight is 352 g/mol. The van der Waals surface area contributed by atoms with E-state index in [4.69, 9.17) is 0 Å². The number of hydrogen-bond donors (Lipinski definition) is 0. The minimum absolute atomic E-state index is 1.01. The molecule has 1 unspecified atom stereocenters. The highest BCUT2D eigenvalue weighted by Crippen LogP contribution is 2.20. The van der Waals surface area contributed by atoms with Crippen LogP contribution in [0.25, 0.3) is 0 Å². The van der Waals surface area contributed by atoms with Gasteiger partial charge in [-0.15, -0.1) is 0 Å². The van der Waals surface area contributed by atoms with Gasteiger partial charge in [0, 0.05) is 4.43 Å². The van der Waals surface area contributed by atoms with Gasteiger partial charge >= 0.3 is 0 Å². The van der Waals surface area contributed by atoms with E-state index >= 15 is 0 Å². The second-order valence-corrected chi connectivity index (χ2v) is 6.31. The van der Waals surface area contributed by atoms with E-state index in [0.717, 1.165) is 5.92 Å². The molecule has 0 saturated carbocycles. The number of alkyl halides is 1. The molecular weight excluding hydrogens is 319 g/mol. The molecule has 0 aliphatic heterocycles. The maximum atomic E-state index is 2.58. The molecule has 0 aromatic heterocycles. The van der Waals surface area contributed by atoms with Crippen molar-refractivity contribution in [1.29, 1.82) is 0 Å². The summed E-state index contributed by atoms with van der Waals surface area (Å²) < 4.78 is 1.37. The van der Waals surface area contributed by atoms with Gasteiger partial charge < -0.3 is 0 Å². The van der Waals surface area contributed by atoms with Crippen LogP contribution in [0.1, 0.15) is 90.9 Å². The predicted octanol–water partition coefficient (Wildman–Crippen LogP) is 6.76. The van der Waals surface area contributed by atoms with E-state index in [2.05, 4.69) is 36.4 Å². The molecule has 17 heavy (non-hydrogen) atoms. The van der Waals surface area contributed by atoms with E-state index < -0.39 is 0 Å². The zero-order chi connectivity index (χ0) is 12.8. The second-order valence-electron chi connectivity index (χ2n) is 5.43. The van der Waals surface area contributed by atoms with Crippen molar-refractivity contribution in [3.63, 3.8) is 0 Å². The highest BCUT2D eigenvalue weighted by Gasteiger charge is 2.06. The van der Waals surface area contributed by atoms with Crippen LogP contribution in [-0.2, 0) is 0 Å². The lowest BCUT2D eigenvalue weighted by atomic mass is 9.96. The van der Waals surface area contributed by atoms with E-state index in [-0.39, 0.29) is 0 Å². The van der Waals surface area contributed by atoms with Gasteiger partial charge in [0.05, 0.1) is 0 Å². The fourth-order valence-corrected chi connectivity index (χ4v) is 3.25. The third-order valence-corrected chi connectivity index (χ3v) is 4.90. The first-order chi connectivity index (χ1) is 8.35. The normalized spacial score (nSPS) is 12.9. The molecule has 104 valence electrons. The van der Waals surface area contributed by atoms with Crippen LogP contribution in [0.15, 0.2) is 0 Å². The van der Waals surface area contributed by atoms with E-state index in [1.807, 2.05) is 0 Å². The summed E-state index contributed by atoms with van der Waals surface area (Å²) in [5.74, 6) is 1.01. The van der Waals surface area contributed by atoms with Gasteiger partial charge in [0.2, 0.25) is 0 Å². The van der Waals surface area contributed by atoms with E-state index in [0.29, 0.717) is 0 Å². The molecule has 0 aliphatic carbocycles. The Morgan fingerprint density at radius 1 is 0.647 bits per heavy atom. The summed E-state index contributed by atoms with van der Waals surface area (Å²) in [6.45, 7) is 4.59. The maximum absolute atomic E-state index is 2.58. The Balaban J connectivity index is 3.28. The maximum Gasteiger partial charge on any atom is 0.00237 e. The van der Waals surface area contributed by atoms with Crippen LogP contribution in [0.2, 0.25) is 0 Å². The van der Waals surface area contributed by atoms with Crippen LogP contribution in [-0.4, -0.2) is 4.43 Å². The molecule has 0 nitrogen and oxygen atoms in total. The number of hydrogen-bond acceptors (Lipinski definition) is 0. The molecule has 1 heteroatoms. The summed E-state index contributed by atoms with van der Waals surface area (Å²) in [5, 5.41) is 0. The molecule has 0 rings (SSSR count). The minimum atomic E-state index is 1.01. The van der Waals surface area contributed by atoms with Crippen molar-refractivity contribution in [2.24, 2.45) is 5.92 Å². The lowest BCUT2D eigenvalue weighted by molar-refractivity contribution is 0.444. The lowest BCUT2D eigenvalue weighted by Crippen LogP contribution is -2.02. The predicted molar refractivity (Wildman–Crippen MR) is 89.1 cm³/mol. The van der Waals surface area contributed by atoms with Crippen LogP contribution < -0.4 is 0 Å². The third kappa shape index (κ3) is 13.0. The molecule has 0 N–H and O–H groups in total. The van der Waals surface area contributed by atoms with Gasteiger partial charge in [-0.2, -0.15) is 0 Å². The lowest BCUT2D eigenvalue weighted by Gasteiger charge is -2.13. The first-order valence-corrected chi connectivity index (χ1v) is 9.43. The van der Waals surface area contributed by atoms with Gasteiger partial charge in [0.15, 0.2) is 0 Å². The van der Waals surface area contributed by atoms with Crippen LogP contribution in [0.4, 0.5) is 0 Å². The monoisotopic (exact) mass is 352 g/mol. The SMILES string of the molecule is CCCCCCCCC(CI)CCCCCC. The zero-order valence-corrected chi connectivity index (χ0v) is 14.3. The van der Waals surface area contributed by atoms with Gasteiger partial charge in [-0.3, -0.25) is 0 Å². The smallest absolute Gasteiger partial charge is 0.00237 e. The van der Waals surface area contributed by atoms with E-state index in [1.54, 1.807) is 0 Å². The topological polar surface area (TPSA) is 0 Å². The molecule has 0 radical (unpaired) electrons. The van der Waals surface area contributed by atoms with Crippen LogP contribution in [0, 0.1) is 5.92 Å². The van der Waals surface area contributed by atoms with Crippen molar-refractivity contribution in [1.82, 2.24) is 0 Å². The fourth-order valence-electron chi connectivity index (χ4n) is 2.37. The van der Waals surface area contributed by atoms with Crippen LogP contribution >= 0.6 is 22.6 Å². The Hall–Kier alpha value is 0.730. The fraction of sp³-hybridized carbons (Fsp3) is 1.00. The Morgan fingerprint density at radius 3 is 1.53 bits per heavy atom. The average Bonchev–Trinajstić information content (AvgIpc) is 2.36. The molecule has 0 bridgehead atoms. The molecule has 0 heterocycles. The van der Waals surface area contributed by atoms with Gasteiger partial charge in [0.1, 0.15) is 0 Å². The van der Waals surface area contributed by atoms with E-state index in [1.165, 1.54) is 81.5 Å². The van der Waals surface area contributed by atoms with Crippen molar-refractivity contribution in [2.45, 2.75) is 90.9 Å². The molecule has 0 aromatic rings. The van der Waals surface area contributed by atoms with Crippen molar-refractivity contribution in [3.05, 3.63) is 0 Å². The molecule has 0 spiro atoms. The van der Waals surface area contributed by atoms with Gasteiger partial charge in [-0.25, -0.2) is 0 Å². The van der Waals surface area contributed by atoms with Crippen molar-refractivity contribution >= 4 is 22.6 Å². The highest BCUT2D eigenvalue weighted by molar-refractivity contribution is 14.1. The summed E-state index contributed by atoms with van der Waals surface area (Å²) in [7, 11) is 0. The summed E-state index contributed by atoms with van der Waals surface area (Å²) in [6, 6.07) is 0. The standard InChI is InChI=1S/C16H33I/c1-3-5-7-9-10-12-14-16(15-17)13-11-8-6-4-2/h16H,3-15H2,1-2H3. The molecular formula is C16H33I. The van der Waals surface area contributed by atoms with Crippen LogP contribution in [0.3, 0.4) is 0 Å². The van der Waals surface area contributed by atoms with Gasteiger partial charge in [0.25, 0.3) is 0 Å². The van der Waals surface area contributed by atoms with E-state index in [9.17, 15) is 0 Å². The zero-order valence-electron chi connectivity index (χ0n) is 12.1. The Labute approximate surface area is 123 Å². The minimum Gasteiger partial charge on any atom is -0.0861 e. The molecule has 0 fully saturated rings. The molecule has 0 amide bonds. The highest BCUT2D eigenvalue weighted by atomic mass is 127. The summed E-state index contributed by atoms with van der Waals surface area (Å²) in [4.78, 5) is 0. The first kappa shape index (κ1) is 17.7. The Kier molecular flexibility index (Phi) is 15.4. The van der Waals surface area contributed by atoms with Gasteiger partial charge in [-0.05, 0) is 18.8 Å². The third-order valence-electron chi connectivity index (χ3n) is 3.65. The largest absolute Gasteiger partial charge is 0.0861 e. The first-order valence-electron chi connectivity index (χ1n) is 7.91. The number of rotatable bonds is 13. The Bertz CT molecular complexity index is 133. The Morgan fingerprint density at radius 2 is 1.06 bits per heavy atom. The van der Waals surface area contributed by atoms with Crippen molar-refractivity contribution < 1.29 is 0 Å². The molecule has 0 aromatic carbocycles. The summed E-state index contributed by atoms with van der Waals surface area (Å²) in [6.07, 6.45) is 17.4. The van der Waals surface area contributed by atoms with Crippen LogP contribution in [0.5, 0.6) is 0 Å². The summed E-state index contributed by atoms with van der Waals surface area (Å²) >= 11 is 2.58. The summed E-state index contributed by atoms with van der Waals surface area (Å²) in [5.41, 5.74) is 0. The molecule has 1 atom stereocenters. The quantitative estimate of drug-likeness (QED) is 0.195. The van der Waals surface area contributed by atoms with Gasteiger partial charge in [-0.1, -0.05) is 101 Å². The van der Waals surface area contributed by atoms with Crippen molar-refractivity contribution in [2.75, 3.05) is 4.43 Å². The molecule has 0 aliphatic rings.